The zero-order chi connectivity index (χ0) is 36.7. The van der Waals surface area contributed by atoms with Crippen molar-refractivity contribution in [3.8, 4) is 33.4 Å². The molecule has 1 heterocycles. The molecule has 7 aromatic carbocycles. The molecular weight excluding hydrogens is 667 g/mol. The van der Waals surface area contributed by atoms with E-state index in [0.717, 1.165) is 44.4 Å². The summed E-state index contributed by atoms with van der Waals surface area (Å²) in [6, 6.07) is 57.7. The van der Waals surface area contributed by atoms with Gasteiger partial charge >= 0.3 is 0 Å². The van der Waals surface area contributed by atoms with Crippen LogP contribution in [0.1, 0.15) is 42.0 Å². The molecular formula is C53H39NO. The van der Waals surface area contributed by atoms with Crippen LogP contribution in [0.2, 0.25) is 0 Å². The van der Waals surface area contributed by atoms with Gasteiger partial charge < -0.3 is 9.32 Å². The van der Waals surface area contributed by atoms with Crippen LogP contribution >= 0.6 is 0 Å². The number of furan rings is 1. The molecule has 3 aliphatic carbocycles. The lowest BCUT2D eigenvalue weighted by molar-refractivity contribution is 0.643. The molecule has 2 heteroatoms. The fourth-order valence-corrected chi connectivity index (χ4v) is 9.52. The minimum absolute atomic E-state index is 0.0430. The van der Waals surface area contributed by atoms with E-state index in [1.54, 1.807) is 0 Å². The van der Waals surface area contributed by atoms with E-state index in [4.69, 9.17) is 4.42 Å². The maximum Gasteiger partial charge on any atom is 0.143 e. The van der Waals surface area contributed by atoms with Crippen LogP contribution in [0.15, 0.2) is 192 Å². The van der Waals surface area contributed by atoms with Gasteiger partial charge in [0, 0.05) is 50.7 Å². The number of anilines is 2. The first kappa shape index (κ1) is 31.8. The van der Waals surface area contributed by atoms with Crippen molar-refractivity contribution >= 4 is 39.4 Å². The first-order valence-corrected chi connectivity index (χ1v) is 19.3. The van der Waals surface area contributed by atoms with Crippen molar-refractivity contribution in [2.75, 3.05) is 4.90 Å². The van der Waals surface area contributed by atoms with Gasteiger partial charge in [0.05, 0.1) is 0 Å². The second kappa shape index (κ2) is 12.2. The molecule has 11 rings (SSSR count). The zero-order valence-corrected chi connectivity index (χ0v) is 30.9. The zero-order valence-electron chi connectivity index (χ0n) is 30.9. The van der Waals surface area contributed by atoms with Gasteiger partial charge in [-0.2, -0.15) is 0 Å². The van der Waals surface area contributed by atoms with E-state index in [1.165, 1.54) is 50.2 Å². The monoisotopic (exact) mass is 705 g/mol. The number of para-hydroxylation sites is 2. The number of fused-ring (bicyclic) bond motifs is 9. The molecule has 0 aliphatic heterocycles. The summed E-state index contributed by atoms with van der Waals surface area (Å²) in [6.07, 6.45) is 11.5. The molecule has 55 heavy (non-hydrogen) atoms. The van der Waals surface area contributed by atoms with Crippen molar-refractivity contribution in [2.24, 2.45) is 5.92 Å². The van der Waals surface area contributed by atoms with Crippen LogP contribution in [0.3, 0.4) is 0 Å². The number of rotatable bonds is 5. The van der Waals surface area contributed by atoms with E-state index in [0.29, 0.717) is 0 Å². The summed E-state index contributed by atoms with van der Waals surface area (Å²) in [5, 5.41) is 2.28. The predicted molar refractivity (Wildman–Crippen MR) is 230 cm³/mol. The summed E-state index contributed by atoms with van der Waals surface area (Å²) in [7, 11) is 0. The van der Waals surface area contributed by atoms with Crippen LogP contribution in [0, 0.1) is 5.92 Å². The van der Waals surface area contributed by atoms with Gasteiger partial charge in [-0.1, -0.05) is 159 Å². The number of hydrogen-bond acceptors (Lipinski definition) is 2. The van der Waals surface area contributed by atoms with Gasteiger partial charge in [-0.15, -0.1) is 0 Å². The Kier molecular flexibility index (Phi) is 7.06. The van der Waals surface area contributed by atoms with Crippen molar-refractivity contribution in [1.82, 2.24) is 0 Å². The predicted octanol–water partition coefficient (Wildman–Crippen LogP) is 14.2. The largest absolute Gasteiger partial charge is 0.455 e. The highest BCUT2D eigenvalue weighted by atomic mass is 16.3. The van der Waals surface area contributed by atoms with E-state index in [9.17, 15) is 0 Å². The van der Waals surface area contributed by atoms with Gasteiger partial charge in [-0.25, -0.2) is 0 Å². The molecule has 262 valence electrons. The highest BCUT2D eigenvalue weighted by molar-refractivity contribution is 6.09. The van der Waals surface area contributed by atoms with E-state index in [1.807, 2.05) is 6.07 Å². The minimum atomic E-state index is -0.0430. The van der Waals surface area contributed by atoms with Crippen molar-refractivity contribution in [3.63, 3.8) is 0 Å². The maximum atomic E-state index is 6.52. The molecule has 0 bridgehead atoms. The molecule has 0 N–H and O–H groups in total. The third-order valence-electron chi connectivity index (χ3n) is 12.3. The number of benzene rings is 7. The second-order valence-electron chi connectivity index (χ2n) is 15.7. The SMILES string of the molecule is CC1(C)c2ccccc2-c2ccc(-c3ccc(N(C4=Cc5ccccc5C5C=CC=CC45)c4cccc(-c5cccc6c5oc5ccccc56)c4)cc3)cc21. The molecule has 0 saturated heterocycles. The summed E-state index contributed by atoms with van der Waals surface area (Å²) in [5.74, 6) is 0.442. The van der Waals surface area contributed by atoms with Crippen molar-refractivity contribution < 1.29 is 4.42 Å². The molecule has 0 spiro atoms. The van der Waals surface area contributed by atoms with Crippen LogP contribution < -0.4 is 4.90 Å². The Morgan fingerprint density at radius 2 is 1.22 bits per heavy atom. The van der Waals surface area contributed by atoms with Gasteiger partial charge in [0.15, 0.2) is 0 Å². The minimum Gasteiger partial charge on any atom is -0.455 e. The summed E-state index contributed by atoms with van der Waals surface area (Å²) in [6.45, 7) is 4.70. The lowest BCUT2D eigenvalue weighted by Crippen LogP contribution is -2.28. The van der Waals surface area contributed by atoms with Crippen LogP contribution in [-0.2, 0) is 5.41 Å². The summed E-state index contributed by atoms with van der Waals surface area (Å²) in [4.78, 5) is 2.48. The first-order chi connectivity index (χ1) is 27.0. The van der Waals surface area contributed by atoms with Crippen molar-refractivity contribution in [1.29, 1.82) is 0 Å². The molecule has 2 unspecified atom stereocenters. The number of hydrogen-bond donors (Lipinski definition) is 0. The van der Waals surface area contributed by atoms with E-state index in [2.05, 4.69) is 201 Å². The number of allylic oxidation sites excluding steroid dienone is 4. The Morgan fingerprint density at radius 1 is 0.509 bits per heavy atom. The highest BCUT2D eigenvalue weighted by Crippen LogP contribution is 2.50. The van der Waals surface area contributed by atoms with Crippen molar-refractivity contribution in [2.45, 2.75) is 25.2 Å². The Hall–Kier alpha value is -6.64. The molecule has 2 nitrogen and oxygen atoms in total. The van der Waals surface area contributed by atoms with Gasteiger partial charge in [-0.3, -0.25) is 0 Å². The summed E-state index contributed by atoms with van der Waals surface area (Å²) >= 11 is 0. The molecule has 0 fully saturated rings. The Morgan fingerprint density at radius 3 is 2.13 bits per heavy atom. The fourth-order valence-electron chi connectivity index (χ4n) is 9.52. The Labute approximate surface area is 322 Å². The highest BCUT2D eigenvalue weighted by Gasteiger charge is 2.36. The van der Waals surface area contributed by atoms with Gasteiger partial charge in [0.1, 0.15) is 11.2 Å². The van der Waals surface area contributed by atoms with E-state index < -0.39 is 0 Å². The smallest absolute Gasteiger partial charge is 0.143 e. The molecule has 8 aromatic rings. The quantitative estimate of drug-likeness (QED) is 0.177. The fraction of sp³-hybridized carbons (Fsp3) is 0.0943. The summed E-state index contributed by atoms with van der Waals surface area (Å²) < 4.78 is 6.52. The van der Waals surface area contributed by atoms with E-state index in [-0.39, 0.29) is 17.3 Å². The Bertz CT molecular complexity index is 2920. The number of nitrogens with zero attached hydrogens (tertiary/aromatic N) is 1. The van der Waals surface area contributed by atoms with E-state index >= 15 is 0 Å². The van der Waals surface area contributed by atoms with Gasteiger partial charge in [0.25, 0.3) is 0 Å². The average molecular weight is 706 g/mol. The molecule has 1 aromatic heterocycles. The standard InChI is InChI=1S/C53H39NO/c1-53(2)48-23-9-7-18-43(48)44-30-27-35(32-49(44)53)34-25-28-38(29-26-34)54(50-33-37-13-3-4-16-40(37)42-17-5-6-19-45(42)50)39-15-11-14-36(31-39)41-21-12-22-47-46-20-8-10-24-51(46)55-52(41)47/h3-33,42,45H,1-2H3. The third kappa shape index (κ3) is 4.95. The summed E-state index contributed by atoms with van der Waals surface area (Å²) in [5.41, 5.74) is 18.1. The molecule has 3 aliphatic rings. The van der Waals surface area contributed by atoms with Crippen LogP contribution in [0.4, 0.5) is 11.4 Å². The maximum absolute atomic E-state index is 6.52. The normalized spacial score (nSPS) is 17.4. The first-order valence-electron chi connectivity index (χ1n) is 19.3. The lowest BCUT2D eigenvalue weighted by Gasteiger charge is -2.39. The van der Waals surface area contributed by atoms with Crippen molar-refractivity contribution in [3.05, 3.63) is 210 Å². The molecule has 2 atom stereocenters. The molecule has 0 amide bonds. The van der Waals surface area contributed by atoms with Gasteiger partial charge in [0.2, 0.25) is 0 Å². The third-order valence-corrected chi connectivity index (χ3v) is 12.3. The average Bonchev–Trinajstić information content (AvgIpc) is 3.73. The molecule has 0 saturated carbocycles. The molecule has 0 radical (unpaired) electrons. The lowest BCUT2D eigenvalue weighted by atomic mass is 9.74. The van der Waals surface area contributed by atoms with Crippen LogP contribution in [-0.4, -0.2) is 0 Å². The van der Waals surface area contributed by atoms with Crippen LogP contribution in [0.25, 0.3) is 61.4 Å². The van der Waals surface area contributed by atoms with Gasteiger partial charge in [-0.05, 0) is 92.5 Å². The topological polar surface area (TPSA) is 16.4 Å². The second-order valence-corrected chi connectivity index (χ2v) is 15.7. The Balaban J connectivity index is 1.05. The van der Waals surface area contributed by atoms with Crippen LogP contribution in [0.5, 0.6) is 0 Å².